The monoisotopic (exact) mass is 603 g/mol. The molecule has 0 atom stereocenters. The Morgan fingerprint density at radius 3 is 1.91 bits per heavy atom. The normalized spacial score (nSPS) is 11.4. The fraction of sp³-hybridized carbons (Fsp3) is 0. The second kappa shape index (κ2) is 11.1. The third-order valence-corrected chi connectivity index (χ3v) is 8.47. The van der Waals surface area contributed by atoms with Gasteiger partial charge in [-0.1, -0.05) is 115 Å². The Labute approximate surface area is 270 Å². The van der Waals surface area contributed by atoms with Crippen molar-refractivity contribution in [1.82, 2.24) is 24.9 Å². The van der Waals surface area contributed by atoms with Gasteiger partial charge < -0.3 is 4.42 Å². The first-order chi connectivity index (χ1) is 23.3. The molecule has 0 bridgehead atoms. The van der Waals surface area contributed by atoms with Gasteiger partial charge in [-0.3, -0.25) is 0 Å². The highest BCUT2D eigenvalue weighted by Gasteiger charge is 2.18. The number of rotatable bonds is 5. The van der Waals surface area contributed by atoms with E-state index in [0.717, 1.165) is 66.2 Å². The van der Waals surface area contributed by atoms with E-state index in [1.807, 2.05) is 60.7 Å². The molecule has 0 saturated heterocycles. The van der Waals surface area contributed by atoms with Gasteiger partial charge in [0.25, 0.3) is 0 Å². The van der Waals surface area contributed by atoms with Gasteiger partial charge >= 0.3 is 0 Å². The minimum absolute atomic E-state index is 0.591. The Kier molecular flexibility index (Phi) is 6.35. The smallest absolute Gasteiger partial charge is 0.172 e. The van der Waals surface area contributed by atoms with Crippen molar-refractivity contribution in [3.05, 3.63) is 152 Å². The van der Waals surface area contributed by atoms with Gasteiger partial charge in [-0.2, -0.15) is 0 Å². The van der Waals surface area contributed by atoms with Crippen molar-refractivity contribution in [2.24, 2.45) is 0 Å². The van der Waals surface area contributed by atoms with E-state index in [2.05, 4.69) is 88.8 Å². The first kappa shape index (κ1) is 26.8. The lowest BCUT2D eigenvalue weighted by Gasteiger charge is -2.13. The SMILES string of the molecule is c1ccc(-c2cccc(-c3nc(-c4ccccc4)nc(-c4cc(-c5cccc6c5oc5cncnc56)c5ccccc5c4)n3)c2)cc1. The number of nitrogens with zero attached hydrogens (tertiary/aromatic N) is 5. The number of aromatic nitrogens is 5. The lowest BCUT2D eigenvalue weighted by atomic mass is 9.94. The molecule has 0 spiro atoms. The van der Waals surface area contributed by atoms with Crippen molar-refractivity contribution in [2.75, 3.05) is 0 Å². The summed E-state index contributed by atoms with van der Waals surface area (Å²) in [7, 11) is 0. The van der Waals surface area contributed by atoms with E-state index in [-0.39, 0.29) is 0 Å². The predicted octanol–water partition coefficient (Wildman–Crippen LogP) is 10.0. The summed E-state index contributed by atoms with van der Waals surface area (Å²) < 4.78 is 6.37. The van der Waals surface area contributed by atoms with Crippen molar-refractivity contribution >= 4 is 32.8 Å². The number of furan rings is 1. The number of fused-ring (bicyclic) bond motifs is 4. The topological polar surface area (TPSA) is 77.6 Å². The summed E-state index contributed by atoms with van der Waals surface area (Å²) in [5, 5.41) is 3.12. The van der Waals surface area contributed by atoms with Crippen LogP contribution in [0.25, 0.3) is 89.3 Å². The van der Waals surface area contributed by atoms with Crippen LogP contribution in [0.1, 0.15) is 0 Å². The summed E-state index contributed by atoms with van der Waals surface area (Å²) in [5.41, 5.74) is 9.16. The van der Waals surface area contributed by atoms with E-state index in [9.17, 15) is 0 Å². The van der Waals surface area contributed by atoms with Crippen molar-refractivity contribution < 1.29 is 4.42 Å². The maximum atomic E-state index is 6.37. The van der Waals surface area contributed by atoms with Gasteiger partial charge in [-0.25, -0.2) is 24.9 Å². The van der Waals surface area contributed by atoms with E-state index in [4.69, 9.17) is 19.4 Å². The van der Waals surface area contributed by atoms with Crippen LogP contribution in [0.3, 0.4) is 0 Å². The zero-order valence-electron chi connectivity index (χ0n) is 25.1. The fourth-order valence-electron chi connectivity index (χ4n) is 6.23. The van der Waals surface area contributed by atoms with Gasteiger partial charge in [-0.15, -0.1) is 0 Å². The fourth-order valence-corrected chi connectivity index (χ4v) is 6.23. The van der Waals surface area contributed by atoms with Crippen LogP contribution in [0.15, 0.2) is 156 Å². The molecule has 0 unspecified atom stereocenters. The zero-order valence-corrected chi connectivity index (χ0v) is 25.1. The number of hydrogen-bond donors (Lipinski definition) is 0. The molecule has 3 heterocycles. The van der Waals surface area contributed by atoms with Crippen molar-refractivity contribution in [3.8, 4) is 56.4 Å². The Hall–Kier alpha value is -6.53. The zero-order chi connectivity index (χ0) is 31.2. The molecule has 6 aromatic carbocycles. The van der Waals surface area contributed by atoms with Crippen LogP contribution >= 0.6 is 0 Å². The molecule has 0 aliphatic heterocycles. The van der Waals surface area contributed by atoms with Crippen molar-refractivity contribution in [3.63, 3.8) is 0 Å². The molecule has 0 saturated carbocycles. The number of para-hydroxylation sites is 1. The van der Waals surface area contributed by atoms with E-state index in [1.54, 1.807) is 12.5 Å². The lowest BCUT2D eigenvalue weighted by molar-refractivity contribution is 0.667. The van der Waals surface area contributed by atoms with Gasteiger partial charge in [-0.05, 0) is 51.7 Å². The molecule has 0 fully saturated rings. The Bertz CT molecular complexity index is 2580. The summed E-state index contributed by atoms with van der Waals surface area (Å²) >= 11 is 0. The molecule has 6 heteroatoms. The average Bonchev–Trinajstić information content (AvgIpc) is 3.54. The first-order valence-corrected chi connectivity index (χ1v) is 15.4. The van der Waals surface area contributed by atoms with E-state index >= 15 is 0 Å². The van der Waals surface area contributed by atoms with Gasteiger partial charge in [0.15, 0.2) is 23.1 Å². The third-order valence-electron chi connectivity index (χ3n) is 8.47. The van der Waals surface area contributed by atoms with Gasteiger partial charge in [0.05, 0.1) is 6.20 Å². The molecule has 0 amide bonds. The quantitative estimate of drug-likeness (QED) is 0.195. The molecular weight excluding hydrogens is 578 g/mol. The molecule has 47 heavy (non-hydrogen) atoms. The molecule has 0 aliphatic carbocycles. The Balaban J connectivity index is 1.27. The van der Waals surface area contributed by atoms with E-state index in [1.165, 1.54) is 0 Å². The molecule has 220 valence electrons. The second-order valence-corrected chi connectivity index (χ2v) is 11.4. The molecule has 0 N–H and O–H groups in total. The van der Waals surface area contributed by atoms with Gasteiger partial charge in [0.1, 0.15) is 17.4 Å². The van der Waals surface area contributed by atoms with Crippen LogP contribution in [-0.2, 0) is 0 Å². The van der Waals surface area contributed by atoms with Gasteiger partial charge in [0, 0.05) is 27.6 Å². The summed E-state index contributed by atoms with van der Waals surface area (Å²) in [6, 6.07) is 47.6. The van der Waals surface area contributed by atoms with E-state index in [0.29, 0.717) is 23.1 Å². The number of benzene rings is 6. The molecule has 9 rings (SSSR count). The lowest BCUT2D eigenvalue weighted by Crippen LogP contribution is -2.00. The molecule has 0 aliphatic rings. The van der Waals surface area contributed by atoms with Crippen LogP contribution < -0.4 is 0 Å². The summed E-state index contributed by atoms with van der Waals surface area (Å²) in [4.78, 5) is 23.8. The van der Waals surface area contributed by atoms with Crippen LogP contribution in [0.4, 0.5) is 0 Å². The van der Waals surface area contributed by atoms with Crippen LogP contribution in [0.2, 0.25) is 0 Å². The first-order valence-electron chi connectivity index (χ1n) is 15.4. The van der Waals surface area contributed by atoms with Crippen LogP contribution in [0.5, 0.6) is 0 Å². The average molecular weight is 604 g/mol. The van der Waals surface area contributed by atoms with Crippen LogP contribution in [-0.4, -0.2) is 24.9 Å². The maximum Gasteiger partial charge on any atom is 0.172 e. The Morgan fingerprint density at radius 1 is 0.447 bits per heavy atom. The second-order valence-electron chi connectivity index (χ2n) is 11.4. The third kappa shape index (κ3) is 4.80. The molecule has 0 radical (unpaired) electrons. The standard InChI is InChI=1S/C41H25N5O/c1-3-11-26(12-4-1)28-16-9-17-30(21-28)40-44-39(27-13-5-2-6-14-27)45-41(46-40)31-22-29-15-7-8-18-32(29)35(23-31)33-19-10-20-34-37-36(47-38(33)34)24-42-25-43-37/h1-25H. The van der Waals surface area contributed by atoms with Crippen LogP contribution in [0, 0.1) is 0 Å². The van der Waals surface area contributed by atoms with Crippen molar-refractivity contribution in [1.29, 1.82) is 0 Å². The summed E-state index contributed by atoms with van der Waals surface area (Å²) in [6.45, 7) is 0. The highest BCUT2D eigenvalue weighted by molar-refractivity contribution is 6.11. The van der Waals surface area contributed by atoms with Gasteiger partial charge in [0.2, 0.25) is 0 Å². The predicted molar refractivity (Wildman–Crippen MR) is 187 cm³/mol. The van der Waals surface area contributed by atoms with Crippen molar-refractivity contribution in [2.45, 2.75) is 0 Å². The largest absolute Gasteiger partial charge is 0.452 e. The highest BCUT2D eigenvalue weighted by Crippen LogP contribution is 2.40. The maximum absolute atomic E-state index is 6.37. The van der Waals surface area contributed by atoms with E-state index < -0.39 is 0 Å². The summed E-state index contributed by atoms with van der Waals surface area (Å²) in [5.74, 6) is 1.82. The minimum atomic E-state index is 0.591. The molecular formula is C41H25N5O. The Morgan fingerprint density at radius 2 is 1.09 bits per heavy atom. The summed E-state index contributed by atoms with van der Waals surface area (Å²) in [6.07, 6.45) is 3.27. The molecule has 3 aromatic heterocycles. The highest BCUT2D eigenvalue weighted by atomic mass is 16.3. The molecule has 6 nitrogen and oxygen atoms in total. The molecule has 9 aromatic rings. The minimum Gasteiger partial charge on any atom is -0.452 e. The number of hydrogen-bond acceptors (Lipinski definition) is 6.